The lowest BCUT2D eigenvalue weighted by atomic mass is 9.93. The van der Waals surface area contributed by atoms with Crippen molar-refractivity contribution in [2.75, 3.05) is 11.5 Å². The SMILES string of the molecule is Nc1ncn(C2CCC2)n1.Nc1ncnn1C1CCC1. The summed E-state index contributed by atoms with van der Waals surface area (Å²) in [5.74, 6) is 0.927. The molecule has 4 rings (SSSR count). The maximum Gasteiger partial charge on any atom is 0.239 e. The summed E-state index contributed by atoms with van der Waals surface area (Å²) in [7, 11) is 0. The van der Waals surface area contributed by atoms with E-state index in [0.717, 1.165) is 0 Å². The summed E-state index contributed by atoms with van der Waals surface area (Å²) in [6.45, 7) is 0. The van der Waals surface area contributed by atoms with Gasteiger partial charge in [-0.15, -0.1) is 5.10 Å². The van der Waals surface area contributed by atoms with Crippen LogP contribution in [0.25, 0.3) is 0 Å². The molecular weight excluding hydrogens is 256 g/mol. The van der Waals surface area contributed by atoms with Gasteiger partial charge in [-0.3, -0.25) is 0 Å². The summed E-state index contributed by atoms with van der Waals surface area (Å²) in [6.07, 6.45) is 10.7. The Morgan fingerprint density at radius 3 is 2.10 bits per heavy atom. The van der Waals surface area contributed by atoms with Crippen molar-refractivity contribution >= 4 is 11.9 Å². The van der Waals surface area contributed by atoms with Crippen LogP contribution in [0, 0.1) is 0 Å². The van der Waals surface area contributed by atoms with Gasteiger partial charge in [-0.25, -0.2) is 19.3 Å². The van der Waals surface area contributed by atoms with Gasteiger partial charge in [-0.05, 0) is 38.5 Å². The Balaban J connectivity index is 0.000000121. The van der Waals surface area contributed by atoms with Gasteiger partial charge in [0.1, 0.15) is 12.7 Å². The second-order valence-electron chi connectivity index (χ2n) is 5.32. The zero-order valence-corrected chi connectivity index (χ0v) is 11.4. The van der Waals surface area contributed by atoms with E-state index in [1.807, 2.05) is 9.36 Å². The highest BCUT2D eigenvalue weighted by Gasteiger charge is 2.21. The highest BCUT2D eigenvalue weighted by Crippen LogP contribution is 2.31. The first-order valence-corrected chi connectivity index (χ1v) is 7.05. The quantitative estimate of drug-likeness (QED) is 0.851. The topological polar surface area (TPSA) is 113 Å². The van der Waals surface area contributed by atoms with E-state index in [4.69, 9.17) is 11.5 Å². The van der Waals surface area contributed by atoms with E-state index < -0.39 is 0 Å². The second kappa shape index (κ2) is 5.48. The standard InChI is InChI=1S/2C6H10N4/c7-6-8-4-10(9-6)5-2-1-3-5;7-6-8-4-9-10(6)5-2-1-3-5/h4-5H,1-3H2,(H2,7,9);4-5H,1-3H2,(H2,7,8,9). The van der Waals surface area contributed by atoms with Crippen LogP contribution >= 0.6 is 0 Å². The lowest BCUT2D eigenvalue weighted by molar-refractivity contribution is 0.289. The summed E-state index contributed by atoms with van der Waals surface area (Å²) < 4.78 is 3.67. The molecule has 2 heterocycles. The molecule has 2 aromatic rings. The number of nitrogens with two attached hydrogens (primary N) is 2. The molecule has 2 aromatic heterocycles. The molecule has 0 bridgehead atoms. The Kier molecular flexibility index (Phi) is 3.53. The normalized spacial score (nSPS) is 18.8. The third-order valence-corrected chi connectivity index (χ3v) is 4.00. The van der Waals surface area contributed by atoms with Crippen LogP contribution in [-0.2, 0) is 0 Å². The minimum absolute atomic E-state index is 0.381. The van der Waals surface area contributed by atoms with Crippen molar-refractivity contribution < 1.29 is 0 Å². The number of nitrogen functional groups attached to an aromatic ring is 2. The molecule has 0 unspecified atom stereocenters. The van der Waals surface area contributed by atoms with Crippen LogP contribution in [0.4, 0.5) is 11.9 Å². The van der Waals surface area contributed by atoms with Crippen LogP contribution in [0.5, 0.6) is 0 Å². The summed E-state index contributed by atoms with van der Waals surface area (Å²) >= 11 is 0. The molecule has 108 valence electrons. The summed E-state index contributed by atoms with van der Waals surface area (Å²) in [4.78, 5) is 7.70. The highest BCUT2D eigenvalue weighted by atomic mass is 15.4. The summed E-state index contributed by atoms with van der Waals surface area (Å²) in [5.41, 5.74) is 10.9. The van der Waals surface area contributed by atoms with Crippen LogP contribution < -0.4 is 11.5 Å². The highest BCUT2D eigenvalue weighted by molar-refractivity contribution is 5.14. The number of rotatable bonds is 2. The van der Waals surface area contributed by atoms with Gasteiger partial charge in [0.25, 0.3) is 0 Å². The maximum absolute atomic E-state index is 5.54. The molecule has 0 spiro atoms. The van der Waals surface area contributed by atoms with E-state index in [0.29, 0.717) is 24.0 Å². The summed E-state index contributed by atoms with van der Waals surface area (Å²) in [5, 5.41) is 8.03. The van der Waals surface area contributed by atoms with E-state index >= 15 is 0 Å². The Labute approximate surface area is 117 Å². The van der Waals surface area contributed by atoms with Gasteiger partial charge in [-0.2, -0.15) is 5.10 Å². The number of nitrogens with zero attached hydrogens (tertiary/aromatic N) is 6. The number of hydrogen-bond acceptors (Lipinski definition) is 6. The van der Waals surface area contributed by atoms with Crippen LogP contribution in [0.15, 0.2) is 12.7 Å². The first-order chi connectivity index (χ1) is 9.74. The van der Waals surface area contributed by atoms with Crippen molar-refractivity contribution in [3.63, 3.8) is 0 Å². The fourth-order valence-electron chi connectivity index (χ4n) is 2.29. The predicted octanol–water partition coefficient (Wildman–Crippen LogP) is 1.17. The first kappa shape index (κ1) is 12.9. The van der Waals surface area contributed by atoms with Crippen LogP contribution in [0.1, 0.15) is 50.6 Å². The van der Waals surface area contributed by atoms with E-state index in [-0.39, 0.29) is 0 Å². The van der Waals surface area contributed by atoms with Gasteiger partial charge in [0.15, 0.2) is 0 Å². The predicted molar refractivity (Wildman–Crippen MR) is 74.6 cm³/mol. The maximum atomic E-state index is 5.54. The molecule has 4 N–H and O–H groups in total. The Morgan fingerprint density at radius 1 is 1.00 bits per heavy atom. The first-order valence-electron chi connectivity index (χ1n) is 7.05. The van der Waals surface area contributed by atoms with Gasteiger partial charge < -0.3 is 11.5 Å². The number of aromatic nitrogens is 6. The monoisotopic (exact) mass is 276 g/mol. The molecular formula is C12H20N8. The van der Waals surface area contributed by atoms with Gasteiger partial charge in [0.05, 0.1) is 12.1 Å². The van der Waals surface area contributed by atoms with Gasteiger partial charge in [-0.1, -0.05) is 0 Å². The van der Waals surface area contributed by atoms with Crippen molar-refractivity contribution in [1.82, 2.24) is 29.5 Å². The van der Waals surface area contributed by atoms with Gasteiger partial charge >= 0.3 is 0 Å². The zero-order chi connectivity index (χ0) is 13.9. The number of hydrogen-bond donors (Lipinski definition) is 2. The molecule has 20 heavy (non-hydrogen) atoms. The van der Waals surface area contributed by atoms with Crippen molar-refractivity contribution in [2.45, 2.75) is 50.6 Å². The summed E-state index contributed by atoms with van der Waals surface area (Å²) in [6, 6.07) is 1.10. The van der Waals surface area contributed by atoms with Crippen molar-refractivity contribution in [2.24, 2.45) is 0 Å². The van der Waals surface area contributed by atoms with E-state index in [2.05, 4.69) is 20.2 Å². The molecule has 2 aliphatic carbocycles. The number of anilines is 2. The Morgan fingerprint density at radius 2 is 1.70 bits per heavy atom. The van der Waals surface area contributed by atoms with E-state index in [9.17, 15) is 0 Å². The van der Waals surface area contributed by atoms with E-state index in [1.165, 1.54) is 44.9 Å². The molecule has 2 saturated carbocycles. The Hall–Kier alpha value is -2.12. The van der Waals surface area contributed by atoms with Crippen molar-refractivity contribution in [3.05, 3.63) is 12.7 Å². The molecule has 0 amide bonds. The average Bonchev–Trinajstić information content (AvgIpc) is 2.86. The fourth-order valence-corrected chi connectivity index (χ4v) is 2.29. The fraction of sp³-hybridized carbons (Fsp3) is 0.667. The van der Waals surface area contributed by atoms with Crippen LogP contribution in [0.3, 0.4) is 0 Å². The molecule has 0 aliphatic heterocycles. The van der Waals surface area contributed by atoms with E-state index in [1.54, 1.807) is 6.33 Å². The molecule has 0 saturated heterocycles. The van der Waals surface area contributed by atoms with Crippen molar-refractivity contribution in [1.29, 1.82) is 0 Å². The lowest BCUT2D eigenvalue weighted by Gasteiger charge is -2.25. The molecule has 8 heteroatoms. The second-order valence-corrected chi connectivity index (χ2v) is 5.32. The van der Waals surface area contributed by atoms with Crippen molar-refractivity contribution in [3.8, 4) is 0 Å². The largest absolute Gasteiger partial charge is 0.368 e. The molecule has 2 aliphatic rings. The minimum Gasteiger partial charge on any atom is -0.368 e. The van der Waals surface area contributed by atoms with Gasteiger partial charge in [0, 0.05) is 0 Å². The van der Waals surface area contributed by atoms with Crippen LogP contribution in [0.2, 0.25) is 0 Å². The third-order valence-electron chi connectivity index (χ3n) is 4.00. The average molecular weight is 276 g/mol. The zero-order valence-electron chi connectivity index (χ0n) is 11.4. The third kappa shape index (κ3) is 2.59. The molecule has 8 nitrogen and oxygen atoms in total. The Bertz CT molecular complexity index is 551. The molecule has 0 atom stereocenters. The minimum atomic E-state index is 0.381. The molecule has 0 radical (unpaired) electrons. The van der Waals surface area contributed by atoms with Crippen LogP contribution in [-0.4, -0.2) is 29.5 Å². The smallest absolute Gasteiger partial charge is 0.239 e. The molecule has 2 fully saturated rings. The lowest BCUT2D eigenvalue weighted by Crippen LogP contribution is -2.19. The molecule has 0 aromatic carbocycles. The van der Waals surface area contributed by atoms with Gasteiger partial charge in [0.2, 0.25) is 11.9 Å².